The Morgan fingerprint density at radius 3 is 2.27 bits per heavy atom. The highest BCUT2D eigenvalue weighted by atomic mass is 35.5. The summed E-state index contributed by atoms with van der Waals surface area (Å²) >= 11 is 6.36. The molecule has 0 aliphatic carbocycles. The molecule has 0 spiro atoms. The molecule has 1 amide bonds. The minimum Gasteiger partial charge on any atom is -0.324 e. The van der Waals surface area contributed by atoms with Gasteiger partial charge in [-0.1, -0.05) is 48.5 Å². The van der Waals surface area contributed by atoms with Gasteiger partial charge < -0.3 is 5.32 Å². The molecule has 3 aromatic rings. The van der Waals surface area contributed by atoms with Crippen molar-refractivity contribution in [3.63, 3.8) is 0 Å². The number of hydrogen-bond acceptors (Lipinski definition) is 1. The van der Waals surface area contributed by atoms with Crippen LogP contribution in [0.3, 0.4) is 0 Å². The lowest BCUT2D eigenvalue weighted by atomic mass is 9.96. The lowest BCUT2D eigenvalue weighted by molar-refractivity contribution is -0.137. The van der Waals surface area contributed by atoms with E-state index in [0.29, 0.717) is 5.69 Å². The Labute approximate surface area is 153 Å². The molecular formula is C20H15ClF3NO. The second kappa shape index (κ2) is 6.65. The molecule has 2 nitrogen and oxygen atoms in total. The summed E-state index contributed by atoms with van der Waals surface area (Å²) in [6.07, 6.45) is -4.50. The van der Waals surface area contributed by atoms with Crippen molar-refractivity contribution in [3.8, 4) is 0 Å². The van der Waals surface area contributed by atoms with E-state index in [9.17, 15) is 18.0 Å². The summed E-state index contributed by atoms with van der Waals surface area (Å²) in [5, 5.41) is 4.48. The van der Waals surface area contributed by atoms with Gasteiger partial charge in [0.05, 0.1) is 5.56 Å². The van der Waals surface area contributed by atoms with E-state index in [-0.39, 0.29) is 5.56 Å². The van der Waals surface area contributed by atoms with Crippen LogP contribution in [0.25, 0.3) is 10.8 Å². The second-order valence-corrected chi connectivity index (χ2v) is 6.82. The fourth-order valence-corrected chi connectivity index (χ4v) is 2.86. The molecule has 0 aromatic heterocycles. The van der Waals surface area contributed by atoms with Gasteiger partial charge in [-0.15, -0.1) is 11.6 Å². The Morgan fingerprint density at radius 1 is 0.923 bits per heavy atom. The van der Waals surface area contributed by atoms with Crippen molar-refractivity contribution in [1.29, 1.82) is 0 Å². The molecule has 3 rings (SSSR count). The zero-order valence-corrected chi connectivity index (χ0v) is 14.5. The first-order valence-corrected chi connectivity index (χ1v) is 8.23. The van der Waals surface area contributed by atoms with Crippen molar-refractivity contribution in [2.75, 3.05) is 5.32 Å². The molecule has 0 fully saturated rings. The molecule has 134 valence electrons. The number of benzene rings is 3. The maximum absolute atomic E-state index is 12.9. The molecule has 0 heterocycles. The number of hydrogen-bond donors (Lipinski definition) is 1. The highest BCUT2D eigenvalue weighted by molar-refractivity contribution is 6.36. The van der Waals surface area contributed by atoms with E-state index in [1.54, 1.807) is 12.1 Å². The maximum atomic E-state index is 12.9. The van der Waals surface area contributed by atoms with Crippen molar-refractivity contribution >= 4 is 34.0 Å². The Morgan fingerprint density at radius 2 is 1.54 bits per heavy atom. The van der Waals surface area contributed by atoms with E-state index in [4.69, 9.17) is 11.6 Å². The second-order valence-electron chi connectivity index (χ2n) is 6.06. The zero-order valence-electron chi connectivity index (χ0n) is 13.8. The van der Waals surface area contributed by atoms with E-state index >= 15 is 0 Å². The Balaban J connectivity index is 1.93. The molecule has 6 heteroatoms. The van der Waals surface area contributed by atoms with Gasteiger partial charge in [0.2, 0.25) is 5.91 Å². The molecule has 1 atom stereocenters. The molecule has 0 radical (unpaired) electrons. The first-order valence-electron chi connectivity index (χ1n) is 7.85. The van der Waals surface area contributed by atoms with E-state index in [1.807, 2.05) is 30.3 Å². The number of rotatable bonds is 3. The van der Waals surface area contributed by atoms with Crippen LogP contribution in [0, 0.1) is 0 Å². The van der Waals surface area contributed by atoms with Crippen LogP contribution in [0.15, 0.2) is 66.7 Å². The smallest absolute Gasteiger partial charge is 0.324 e. The Bertz CT molecular complexity index is 961. The Hall–Kier alpha value is -2.53. The number of carbonyl (C=O) groups is 1. The van der Waals surface area contributed by atoms with Crippen molar-refractivity contribution in [2.24, 2.45) is 0 Å². The van der Waals surface area contributed by atoms with Gasteiger partial charge in [0.15, 0.2) is 0 Å². The minimum absolute atomic E-state index is 0.0757. The van der Waals surface area contributed by atoms with Crippen LogP contribution in [0.5, 0.6) is 0 Å². The highest BCUT2D eigenvalue weighted by Crippen LogP contribution is 2.36. The predicted molar refractivity (Wildman–Crippen MR) is 97.2 cm³/mol. The minimum atomic E-state index is -4.50. The molecule has 1 N–H and O–H groups in total. The summed E-state index contributed by atoms with van der Waals surface area (Å²) in [5.74, 6) is -0.602. The Kier molecular flexibility index (Phi) is 4.67. The zero-order chi connectivity index (χ0) is 18.9. The van der Waals surface area contributed by atoms with E-state index < -0.39 is 22.5 Å². The topological polar surface area (TPSA) is 29.1 Å². The van der Waals surface area contributed by atoms with E-state index in [1.165, 1.54) is 19.1 Å². The van der Waals surface area contributed by atoms with Crippen LogP contribution in [0.4, 0.5) is 18.9 Å². The lowest BCUT2D eigenvalue weighted by Gasteiger charge is -2.23. The van der Waals surface area contributed by atoms with Crippen LogP contribution >= 0.6 is 11.6 Å². The number of carbonyl (C=O) groups excluding carboxylic acids is 1. The molecule has 3 aromatic carbocycles. The average Bonchev–Trinajstić information content (AvgIpc) is 2.61. The number of halogens is 4. The van der Waals surface area contributed by atoms with Crippen LogP contribution in [0.2, 0.25) is 0 Å². The van der Waals surface area contributed by atoms with Crippen LogP contribution in [-0.2, 0) is 15.8 Å². The highest BCUT2D eigenvalue weighted by Gasteiger charge is 2.36. The standard InChI is InChI=1S/C20H15ClF3NO/c1-19(21,14-8-5-9-15(12-14)20(22,23)24)18(26)25-17-11-4-7-13-6-2-3-10-16(13)17/h2-12H,1H3,(H,25,26). The summed E-state index contributed by atoms with van der Waals surface area (Å²) in [6, 6.07) is 17.4. The van der Waals surface area contributed by atoms with E-state index in [0.717, 1.165) is 22.9 Å². The van der Waals surface area contributed by atoms with Crippen LogP contribution in [-0.4, -0.2) is 5.91 Å². The number of fused-ring (bicyclic) bond motifs is 1. The number of nitrogens with one attached hydrogen (secondary N) is 1. The normalized spacial score (nSPS) is 14.0. The molecule has 0 aliphatic heterocycles. The lowest BCUT2D eigenvalue weighted by Crippen LogP contribution is -2.32. The van der Waals surface area contributed by atoms with Crippen molar-refractivity contribution in [3.05, 3.63) is 77.9 Å². The SMILES string of the molecule is CC(Cl)(C(=O)Nc1cccc2ccccc12)c1cccc(C(F)(F)F)c1. The third-order valence-corrected chi connectivity index (χ3v) is 4.59. The van der Waals surface area contributed by atoms with Crippen LogP contribution in [0.1, 0.15) is 18.1 Å². The third-order valence-electron chi connectivity index (χ3n) is 4.20. The average molecular weight is 378 g/mol. The molecular weight excluding hydrogens is 363 g/mol. The van der Waals surface area contributed by atoms with Gasteiger partial charge in [-0.25, -0.2) is 0 Å². The van der Waals surface area contributed by atoms with Gasteiger partial charge in [0, 0.05) is 11.1 Å². The summed E-state index contributed by atoms with van der Waals surface area (Å²) in [4.78, 5) is 11.1. The predicted octanol–water partition coefficient (Wildman–Crippen LogP) is 5.95. The molecule has 0 saturated heterocycles. The van der Waals surface area contributed by atoms with Gasteiger partial charge in [-0.2, -0.15) is 13.2 Å². The van der Waals surface area contributed by atoms with Crippen molar-refractivity contribution in [1.82, 2.24) is 0 Å². The summed E-state index contributed by atoms with van der Waals surface area (Å²) in [7, 11) is 0. The van der Waals surface area contributed by atoms with Gasteiger partial charge in [-0.3, -0.25) is 4.79 Å². The summed E-state index contributed by atoms with van der Waals surface area (Å²) < 4.78 is 38.8. The fourth-order valence-electron chi connectivity index (χ4n) is 2.69. The van der Waals surface area contributed by atoms with Gasteiger partial charge in [-0.05, 0) is 36.1 Å². The molecule has 1 unspecified atom stereocenters. The maximum Gasteiger partial charge on any atom is 0.416 e. The number of amides is 1. The molecule has 0 saturated carbocycles. The largest absolute Gasteiger partial charge is 0.416 e. The van der Waals surface area contributed by atoms with E-state index in [2.05, 4.69) is 5.32 Å². The van der Waals surface area contributed by atoms with Gasteiger partial charge in [0.1, 0.15) is 4.87 Å². The molecule has 0 aliphatic rings. The molecule has 26 heavy (non-hydrogen) atoms. The first-order chi connectivity index (χ1) is 12.2. The summed E-state index contributed by atoms with van der Waals surface area (Å²) in [5.41, 5.74) is -0.224. The van der Waals surface area contributed by atoms with Crippen LogP contribution < -0.4 is 5.32 Å². The number of anilines is 1. The van der Waals surface area contributed by atoms with Gasteiger partial charge >= 0.3 is 6.18 Å². The first kappa shape index (κ1) is 18.3. The monoisotopic (exact) mass is 377 g/mol. The third kappa shape index (κ3) is 3.53. The van der Waals surface area contributed by atoms with Crippen molar-refractivity contribution in [2.45, 2.75) is 18.0 Å². The fraction of sp³-hybridized carbons (Fsp3) is 0.150. The number of alkyl halides is 4. The molecule has 0 bridgehead atoms. The quantitative estimate of drug-likeness (QED) is 0.561. The van der Waals surface area contributed by atoms with Crippen molar-refractivity contribution < 1.29 is 18.0 Å². The summed E-state index contributed by atoms with van der Waals surface area (Å²) in [6.45, 7) is 1.38. The van der Waals surface area contributed by atoms with Gasteiger partial charge in [0.25, 0.3) is 0 Å².